The monoisotopic (exact) mass is 231 g/mol. The number of carbonyl (C=O) groups excluding carboxylic acids is 1. The van der Waals surface area contributed by atoms with E-state index in [4.69, 9.17) is 0 Å². The molecule has 1 aromatic rings. The second-order valence-corrected chi connectivity index (χ2v) is 5.34. The second-order valence-electron chi connectivity index (χ2n) is 5.34. The molecular weight excluding hydrogens is 210 g/mol. The highest BCUT2D eigenvalue weighted by Gasteiger charge is 2.30. The highest BCUT2D eigenvalue weighted by Crippen LogP contribution is 2.40. The molecule has 1 aliphatic carbocycles. The molecule has 1 saturated carbocycles. The third kappa shape index (κ3) is 3.09. The van der Waals surface area contributed by atoms with Gasteiger partial charge in [0.25, 0.3) is 0 Å². The van der Waals surface area contributed by atoms with Gasteiger partial charge in [-0.05, 0) is 30.2 Å². The molecule has 0 atom stereocenters. The lowest BCUT2D eigenvalue weighted by molar-refractivity contribution is -0.124. The summed E-state index contributed by atoms with van der Waals surface area (Å²) in [5, 5.41) is 3.02. The number of nitrogens with one attached hydrogen (secondary N) is 1. The molecule has 0 aromatic heterocycles. The van der Waals surface area contributed by atoms with Gasteiger partial charge in [-0.15, -0.1) is 0 Å². The lowest BCUT2D eigenvalue weighted by Gasteiger charge is -2.36. The average Bonchev–Trinajstić information content (AvgIpc) is 2.28. The van der Waals surface area contributed by atoms with Crippen LogP contribution < -0.4 is 5.32 Å². The van der Waals surface area contributed by atoms with E-state index in [2.05, 4.69) is 35.6 Å². The molecule has 1 aromatic carbocycles. The highest BCUT2D eigenvalue weighted by molar-refractivity contribution is 5.77. The van der Waals surface area contributed by atoms with Crippen LogP contribution in [0.1, 0.15) is 38.2 Å². The quantitative estimate of drug-likeness (QED) is 0.848. The maximum absolute atomic E-state index is 11.4. The third-order valence-electron chi connectivity index (χ3n) is 3.60. The maximum Gasteiger partial charge on any atom is 0.222 e. The molecule has 0 spiro atoms. The zero-order valence-electron chi connectivity index (χ0n) is 10.6. The Labute approximate surface area is 103 Å². The van der Waals surface area contributed by atoms with E-state index in [0.29, 0.717) is 11.8 Å². The summed E-state index contributed by atoms with van der Waals surface area (Å²) in [5.74, 6) is 1.65. The van der Waals surface area contributed by atoms with Crippen molar-refractivity contribution < 1.29 is 4.79 Å². The number of rotatable bonds is 4. The molecule has 0 saturated heterocycles. The van der Waals surface area contributed by atoms with Crippen molar-refractivity contribution >= 4 is 5.91 Å². The van der Waals surface area contributed by atoms with Crippen LogP contribution in [0.3, 0.4) is 0 Å². The molecule has 0 heterocycles. The SMILES string of the molecule is CC(C)C(=O)NCC1CC(c2ccccc2)C1. The molecule has 92 valence electrons. The normalized spacial score (nSPS) is 23.2. The van der Waals surface area contributed by atoms with Gasteiger partial charge in [-0.2, -0.15) is 0 Å². The van der Waals surface area contributed by atoms with Gasteiger partial charge in [-0.3, -0.25) is 4.79 Å². The number of carbonyl (C=O) groups is 1. The first-order chi connectivity index (χ1) is 8.16. The fourth-order valence-electron chi connectivity index (χ4n) is 2.35. The molecule has 0 bridgehead atoms. The van der Waals surface area contributed by atoms with Crippen LogP contribution in [-0.2, 0) is 4.79 Å². The van der Waals surface area contributed by atoms with Gasteiger partial charge in [0.15, 0.2) is 0 Å². The first kappa shape index (κ1) is 12.2. The van der Waals surface area contributed by atoms with Gasteiger partial charge in [0.2, 0.25) is 5.91 Å². The van der Waals surface area contributed by atoms with Crippen LogP contribution in [0.25, 0.3) is 0 Å². The summed E-state index contributed by atoms with van der Waals surface area (Å²) >= 11 is 0. The summed E-state index contributed by atoms with van der Waals surface area (Å²) in [5.41, 5.74) is 1.44. The van der Waals surface area contributed by atoms with Crippen LogP contribution in [0.2, 0.25) is 0 Å². The lowest BCUT2D eigenvalue weighted by Crippen LogP contribution is -2.37. The Balaban J connectivity index is 1.71. The molecule has 2 rings (SSSR count). The van der Waals surface area contributed by atoms with E-state index < -0.39 is 0 Å². The molecular formula is C15H21NO. The smallest absolute Gasteiger partial charge is 0.222 e. The Morgan fingerprint density at radius 2 is 1.94 bits per heavy atom. The Morgan fingerprint density at radius 1 is 1.29 bits per heavy atom. The van der Waals surface area contributed by atoms with Crippen molar-refractivity contribution in [3.63, 3.8) is 0 Å². The van der Waals surface area contributed by atoms with Crippen molar-refractivity contribution in [2.45, 2.75) is 32.6 Å². The summed E-state index contributed by atoms with van der Waals surface area (Å²) in [6.07, 6.45) is 2.42. The molecule has 2 heteroatoms. The van der Waals surface area contributed by atoms with Crippen LogP contribution in [0, 0.1) is 11.8 Å². The minimum atomic E-state index is 0.0972. The van der Waals surface area contributed by atoms with Crippen molar-refractivity contribution in [1.29, 1.82) is 0 Å². The summed E-state index contributed by atoms with van der Waals surface area (Å²) in [4.78, 5) is 11.4. The molecule has 1 aliphatic rings. The first-order valence-corrected chi connectivity index (χ1v) is 6.49. The van der Waals surface area contributed by atoms with Crippen LogP contribution in [0.5, 0.6) is 0 Å². The molecule has 0 radical (unpaired) electrons. The van der Waals surface area contributed by atoms with Gasteiger partial charge in [0.1, 0.15) is 0 Å². The first-order valence-electron chi connectivity index (χ1n) is 6.49. The highest BCUT2D eigenvalue weighted by atomic mass is 16.1. The van der Waals surface area contributed by atoms with E-state index in [9.17, 15) is 4.79 Å². The predicted molar refractivity (Wildman–Crippen MR) is 69.8 cm³/mol. The fraction of sp³-hybridized carbons (Fsp3) is 0.533. The van der Waals surface area contributed by atoms with E-state index in [1.165, 1.54) is 18.4 Å². The number of hydrogen-bond acceptors (Lipinski definition) is 1. The van der Waals surface area contributed by atoms with Crippen molar-refractivity contribution in [3.05, 3.63) is 35.9 Å². The Morgan fingerprint density at radius 3 is 2.53 bits per heavy atom. The minimum Gasteiger partial charge on any atom is -0.356 e. The molecule has 1 fully saturated rings. The third-order valence-corrected chi connectivity index (χ3v) is 3.60. The summed E-state index contributed by atoms with van der Waals surface area (Å²) in [7, 11) is 0. The fourth-order valence-corrected chi connectivity index (χ4v) is 2.35. The molecule has 1 N–H and O–H groups in total. The average molecular weight is 231 g/mol. The summed E-state index contributed by atoms with van der Waals surface area (Å²) in [6, 6.07) is 10.7. The zero-order valence-corrected chi connectivity index (χ0v) is 10.6. The predicted octanol–water partition coefficient (Wildman–Crippen LogP) is 2.95. The van der Waals surface area contributed by atoms with Crippen LogP contribution >= 0.6 is 0 Å². The van der Waals surface area contributed by atoms with E-state index in [1.54, 1.807) is 0 Å². The van der Waals surface area contributed by atoms with E-state index in [1.807, 2.05) is 13.8 Å². The number of hydrogen-bond donors (Lipinski definition) is 1. The van der Waals surface area contributed by atoms with Gasteiger partial charge in [0.05, 0.1) is 0 Å². The number of benzene rings is 1. The Hall–Kier alpha value is -1.31. The van der Waals surface area contributed by atoms with Gasteiger partial charge in [0, 0.05) is 12.5 Å². The molecule has 0 aliphatic heterocycles. The molecule has 1 amide bonds. The minimum absolute atomic E-state index is 0.0972. The van der Waals surface area contributed by atoms with Crippen molar-refractivity contribution in [1.82, 2.24) is 5.32 Å². The van der Waals surface area contributed by atoms with E-state index in [0.717, 1.165) is 6.54 Å². The lowest BCUT2D eigenvalue weighted by atomic mass is 9.71. The standard InChI is InChI=1S/C15H21NO/c1-11(2)15(17)16-10-12-8-14(9-12)13-6-4-3-5-7-13/h3-7,11-12,14H,8-10H2,1-2H3,(H,16,17). The Kier molecular flexibility index (Phi) is 3.82. The zero-order chi connectivity index (χ0) is 12.3. The van der Waals surface area contributed by atoms with Gasteiger partial charge < -0.3 is 5.32 Å². The van der Waals surface area contributed by atoms with Crippen molar-refractivity contribution in [2.24, 2.45) is 11.8 Å². The topological polar surface area (TPSA) is 29.1 Å². The molecule has 0 unspecified atom stereocenters. The molecule has 2 nitrogen and oxygen atoms in total. The van der Waals surface area contributed by atoms with Crippen LogP contribution in [0.15, 0.2) is 30.3 Å². The summed E-state index contributed by atoms with van der Waals surface area (Å²) < 4.78 is 0. The van der Waals surface area contributed by atoms with Crippen molar-refractivity contribution in [3.8, 4) is 0 Å². The maximum atomic E-state index is 11.4. The second kappa shape index (κ2) is 5.35. The van der Waals surface area contributed by atoms with Crippen LogP contribution in [-0.4, -0.2) is 12.5 Å². The van der Waals surface area contributed by atoms with Crippen LogP contribution in [0.4, 0.5) is 0 Å². The van der Waals surface area contributed by atoms with E-state index in [-0.39, 0.29) is 11.8 Å². The summed E-state index contributed by atoms with van der Waals surface area (Å²) in [6.45, 7) is 4.71. The van der Waals surface area contributed by atoms with Gasteiger partial charge in [-0.25, -0.2) is 0 Å². The van der Waals surface area contributed by atoms with Gasteiger partial charge in [-0.1, -0.05) is 44.2 Å². The van der Waals surface area contributed by atoms with Crippen molar-refractivity contribution in [2.75, 3.05) is 6.54 Å². The largest absolute Gasteiger partial charge is 0.356 e. The van der Waals surface area contributed by atoms with Gasteiger partial charge >= 0.3 is 0 Å². The molecule has 17 heavy (non-hydrogen) atoms. The van der Waals surface area contributed by atoms with E-state index >= 15 is 0 Å². The number of amides is 1. The Bertz CT molecular complexity index is 366.